The topological polar surface area (TPSA) is 13.1 Å². The van der Waals surface area contributed by atoms with Gasteiger partial charge in [-0.25, -0.2) is 0 Å². The molecule has 0 spiro atoms. The second-order valence-electron chi connectivity index (χ2n) is 3.78. The van der Waals surface area contributed by atoms with E-state index < -0.39 is 0 Å². The lowest BCUT2D eigenvalue weighted by atomic mass is 9.96. The van der Waals surface area contributed by atoms with Gasteiger partial charge in [0.05, 0.1) is 6.26 Å². The molecule has 0 saturated heterocycles. The summed E-state index contributed by atoms with van der Waals surface area (Å²) in [6.45, 7) is 4.35. The maximum absolute atomic E-state index is 5.53. The number of hydrogen-bond donors (Lipinski definition) is 0. The van der Waals surface area contributed by atoms with Gasteiger partial charge in [0.15, 0.2) is 0 Å². The molecule has 0 unspecified atom stereocenters. The molecule has 1 heterocycles. The molecular formula is C14H15BrO. The zero-order chi connectivity index (χ0) is 11.5. The molecule has 0 aliphatic carbocycles. The van der Waals surface area contributed by atoms with Crippen molar-refractivity contribution in [2.24, 2.45) is 0 Å². The smallest absolute Gasteiger partial charge is 0.134 e. The summed E-state index contributed by atoms with van der Waals surface area (Å²) < 4.78 is 6.68. The standard InChI is InChI=1S/C14H15BrO/c1-3-10-8-12(15)9-11(4-2)14(10)13-6-5-7-16-13/h5-9H,3-4H2,1-2H3. The summed E-state index contributed by atoms with van der Waals surface area (Å²) in [6, 6.07) is 8.33. The van der Waals surface area contributed by atoms with Gasteiger partial charge >= 0.3 is 0 Å². The van der Waals surface area contributed by atoms with Crippen LogP contribution in [0.5, 0.6) is 0 Å². The van der Waals surface area contributed by atoms with E-state index in [0.717, 1.165) is 23.1 Å². The highest BCUT2D eigenvalue weighted by Crippen LogP contribution is 2.32. The van der Waals surface area contributed by atoms with E-state index >= 15 is 0 Å². The zero-order valence-corrected chi connectivity index (χ0v) is 11.2. The van der Waals surface area contributed by atoms with Crippen molar-refractivity contribution in [2.75, 3.05) is 0 Å². The van der Waals surface area contributed by atoms with Crippen molar-refractivity contribution in [1.29, 1.82) is 0 Å². The molecule has 1 aromatic heterocycles. The lowest BCUT2D eigenvalue weighted by Crippen LogP contribution is -1.94. The fourth-order valence-corrected chi connectivity index (χ4v) is 2.57. The Labute approximate surface area is 105 Å². The monoisotopic (exact) mass is 278 g/mol. The molecule has 0 amide bonds. The average molecular weight is 279 g/mol. The molecule has 2 rings (SSSR count). The molecule has 0 N–H and O–H groups in total. The molecule has 16 heavy (non-hydrogen) atoms. The number of furan rings is 1. The predicted molar refractivity (Wildman–Crippen MR) is 70.6 cm³/mol. The quantitative estimate of drug-likeness (QED) is 0.784. The van der Waals surface area contributed by atoms with Crippen molar-refractivity contribution in [3.05, 3.63) is 46.1 Å². The Bertz CT molecular complexity index is 446. The molecule has 2 aromatic rings. The fraction of sp³-hybridized carbons (Fsp3) is 0.286. The first kappa shape index (κ1) is 11.5. The SMILES string of the molecule is CCc1cc(Br)cc(CC)c1-c1ccco1. The highest BCUT2D eigenvalue weighted by molar-refractivity contribution is 9.10. The van der Waals surface area contributed by atoms with Gasteiger partial charge in [-0.3, -0.25) is 0 Å². The van der Waals surface area contributed by atoms with E-state index in [1.165, 1.54) is 16.7 Å². The van der Waals surface area contributed by atoms with Crippen LogP contribution in [0.2, 0.25) is 0 Å². The van der Waals surface area contributed by atoms with E-state index in [-0.39, 0.29) is 0 Å². The first-order valence-electron chi connectivity index (χ1n) is 5.61. The van der Waals surface area contributed by atoms with Crippen LogP contribution in [-0.2, 0) is 12.8 Å². The number of rotatable bonds is 3. The maximum atomic E-state index is 5.53. The van der Waals surface area contributed by atoms with Gasteiger partial charge in [0.25, 0.3) is 0 Å². The van der Waals surface area contributed by atoms with Crippen LogP contribution in [0.4, 0.5) is 0 Å². The first-order chi connectivity index (χ1) is 7.76. The van der Waals surface area contributed by atoms with Gasteiger partial charge < -0.3 is 4.42 Å². The second kappa shape index (κ2) is 4.88. The Hall–Kier alpha value is -1.02. The summed E-state index contributed by atoms with van der Waals surface area (Å²) in [5, 5.41) is 0. The van der Waals surface area contributed by atoms with Crippen LogP contribution < -0.4 is 0 Å². The van der Waals surface area contributed by atoms with Gasteiger partial charge in [-0.1, -0.05) is 29.8 Å². The van der Waals surface area contributed by atoms with Gasteiger partial charge in [0, 0.05) is 10.0 Å². The van der Waals surface area contributed by atoms with Gasteiger partial charge in [-0.2, -0.15) is 0 Å². The van der Waals surface area contributed by atoms with Crippen molar-refractivity contribution < 1.29 is 4.42 Å². The van der Waals surface area contributed by atoms with Gasteiger partial charge in [0.2, 0.25) is 0 Å². The molecular weight excluding hydrogens is 264 g/mol. The third-order valence-corrected chi connectivity index (χ3v) is 3.25. The maximum Gasteiger partial charge on any atom is 0.134 e. The minimum absolute atomic E-state index is 0.973. The molecule has 0 saturated carbocycles. The number of halogens is 1. The summed E-state index contributed by atoms with van der Waals surface area (Å²) in [6.07, 6.45) is 3.77. The van der Waals surface area contributed by atoms with Crippen molar-refractivity contribution in [3.63, 3.8) is 0 Å². The van der Waals surface area contributed by atoms with E-state index in [9.17, 15) is 0 Å². The molecule has 1 nitrogen and oxygen atoms in total. The Balaban J connectivity index is 2.65. The van der Waals surface area contributed by atoms with Gasteiger partial charge in [-0.15, -0.1) is 0 Å². The van der Waals surface area contributed by atoms with Crippen molar-refractivity contribution in [2.45, 2.75) is 26.7 Å². The van der Waals surface area contributed by atoms with Crippen LogP contribution >= 0.6 is 15.9 Å². The van der Waals surface area contributed by atoms with E-state index in [1.807, 2.05) is 12.1 Å². The Kier molecular flexibility index (Phi) is 3.49. The van der Waals surface area contributed by atoms with E-state index in [0.29, 0.717) is 0 Å². The normalized spacial score (nSPS) is 10.7. The summed E-state index contributed by atoms with van der Waals surface area (Å²) in [4.78, 5) is 0. The summed E-state index contributed by atoms with van der Waals surface area (Å²) in [5.41, 5.74) is 3.93. The average Bonchev–Trinajstić information content (AvgIpc) is 2.80. The van der Waals surface area contributed by atoms with E-state index in [4.69, 9.17) is 4.42 Å². The van der Waals surface area contributed by atoms with Gasteiger partial charge in [0.1, 0.15) is 5.76 Å². The second-order valence-corrected chi connectivity index (χ2v) is 4.70. The molecule has 0 bridgehead atoms. The van der Waals surface area contributed by atoms with Crippen LogP contribution in [-0.4, -0.2) is 0 Å². The number of aryl methyl sites for hydroxylation is 2. The molecule has 0 atom stereocenters. The molecule has 84 valence electrons. The van der Waals surface area contributed by atoms with Crippen LogP contribution in [0, 0.1) is 0 Å². The summed E-state index contributed by atoms with van der Waals surface area (Å²) in [5.74, 6) is 0.973. The summed E-state index contributed by atoms with van der Waals surface area (Å²) in [7, 11) is 0. The van der Waals surface area contributed by atoms with E-state index in [2.05, 4.69) is 41.9 Å². The molecule has 2 heteroatoms. The van der Waals surface area contributed by atoms with E-state index in [1.54, 1.807) is 6.26 Å². The molecule has 0 radical (unpaired) electrons. The van der Waals surface area contributed by atoms with Crippen LogP contribution in [0.25, 0.3) is 11.3 Å². The van der Waals surface area contributed by atoms with Crippen LogP contribution in [0.1, 0.15) is 25.0 Å². The Morgan fingerprint density at radius 1 is 1.12 bits per heavy atom. The third-order valence-electron chi connectivity index (χ3n) is 2.80. The lowest BCUT2D eigenvalue weighted by molar-refractivity contribution is 0.581. The fourth-order valence-electron chi connectivity index (χ4n) is 2.02. The summed E-state index contributed by atoms with van der Waals surface area (Å²) >= 11 is 3.56. The third kappa shape index (κ3) is 2.07. The van der Waals surface area contributed by atoms with Crippen molar-refractivity contribution in [3.8, 4) is 11.3 Å². The molecule has 0 aliphatic heterocycles. The number of benzene rings is 1. The minimum Gasteiger partial charge on any atom is -0.464 e. The first-order valence-corrected chi connectivity index (χ1v) is 6.40. The molecule has 1 aromatic carbocycles. The Morgan fingerprint density at radius 3 is 2.19 bits per heavy atom. The Morgan fingerprint density at radius 2 is 1.75 bits per heavy atom. The minimum atomic E-state index is 0.973. The number of hydrogen-bond acceptors (Lipinski definition) is 1. The van der Waals surface area contributed by atoms with Crippen molar-refractivity contribution >= 4 is 15.9 Å². The van der Waals surface area contributed by atoms with Crippen LogP contribution in [0.15, 0.2) is 39.4 Å². The van der Waals surface area contributed by atoms with Crippen molar-refractivity contribution in [1.82, 2.24) is 0 Å². The lowest BCUT2D eigenvalue weighted by Gasteiger charge is -2.11. The zero-order valence-electron chi connectivity index (χ0n) is 9.59. The molecule has 0 fully saturated rings. The predicted octanol–water partition coefficient (Wildman–Crippen LogP) is 4.83. The van der Waals surface area contributed by atoms with Crippen LogP contribution in [0.3, 0.4) is 0 Å². The highest BCUT2D eigenvalue weighted by Gasteiger charge is 2.12. The highest BCUT2D eigenvalue weighted by atomic mass is 79.9. The molecule has 0 aliphatic rings. The largest absolute Gasteiger partial charge is 0.464 e. The van der Waals surface area contributed by atoms with Gasteiger partial charge in [-0.05, 0) is 48.2 Å².